The molecule has 2 aromatic rings. The Morgan fingerprint density at radius 2 is 1.52 bits per heavy atom. The van der Waals surface area contributed by atoms with Crippen LogP contribution in [0.3, 0.4) is 0 Å². The van der Waals surface area contributed by atoms with Crippen LogP contribution in [-0.4, -0.2) is 54.2 Å². The van der Waals surface area contributed by atoms with Gasteiger partial charge in [-0.2, -0.15) is 0 Å². The highest BCUT2D eigenvalue weighted by Crippen LogP contribution is 2.27. The first-order valence-electron chi connectivity index (χ1n) is 8.15. The monoisotopic (exact) mass is 330 g/mol. The number of aliphatic hydroxyl groups is 1. The Morgan fingerprint density at radius 1 is 0.870 bits per heavy atom. The summed E-state index contributed by atoms with van der Waals surface area (Å²) in [6.07, 6.45) is 0. The van der Waals surface area contributed by atoms with Crippen LogP contribution in [0.5, 0.6) is 0 Å². The minimum Gasteiger partial charge on any atom is -0.395 e. The molecular formula is C19H23ClN2O. The molecule has 1 aliphatic rings. The van der Waals surface area contributed by atoms with E-state index in [2.05, 4.69) is 40.1 Å². The largest absolute Gasteiger partial charge is 0.395 e. The van der Waals surface area contributed by atoms with Gasteiger partial charge in [-0.15, -0.1) is 0 Å². The van der Waals surface area contributed by atoms with Crippen LogP contribution in [0.15, 0.2) is 48.5 Å². The van der Waals surface area contributed by atoms with Crippen molar-refractivity contribution < 1.29 is 5.11 Å². The zero-order chi connectivity index (χ0) is 16.1. The van der Waals surface area contributed by atoms with E-state index in [1.165, 1.54) is 5.56 Å². The number of benzene rings is 2. The summed E-state index contributed by atoms with van der Waals surface area (Å²) >= 11 is 6.26. The van der Waals surface area contributed by atoms with Crippen LogP contribution in [0.1, 0.15) is 5.56 Å². The van der Waals surface area contributed by atoms with Gasteiger partial charge in [0.1, 0.15) is 0 Å². The molecule has 1 N–H and O–H groups in total. The topological polar surface area (TPSA) is 26.7 Å². The lowest BCUT2D eigenvalue weighted by atomic mass is 10.0. The van der Waals surface area contributed by atoms with E-state index in [0.29, 0.717) is 0 Å². The van der Waals surface area contributed by atoms with Gasteiger partial charge in [0, 0.05) is 49.9 Å². The van der Waals surface area contributed by atoms with Crippen molar-refractivity contribution in [2.45, 2.75) is 6.54 Å². The molecule has 0 atom stereocenters. The van der Waals surface area contributed by atoms with Gasteiger partial charge < -0.3 is 5.11 Å². The minimum absolute atomic E-state index is 0.253. The van der Waals surface area contributed by atoms with Gasteiger partial charge in [-0.1, -0.05) is 54.1 Å². The van der Waals surface area contributed by atoms with Crippen LogP contribution in [0.2, 0.25) is 5.02 Å². The van der Waals surface area contributed by atoms with Crippen molar-refractivity contribution in [3.05, 3.63) is 59.1 Å². The summed E-state index contributed by atoms with van der Waals surface area (Å²) in [5.74, 6) is 0. The molecule has 3 nitrogen and oxygen atoms in total. The predicted octanol–water partition coefficient (Wildman–Crippen LogP) is 3.12. The number of aliphatic hydroxyl groups excluding tert-OH is 1. The van der Waals surface area contributed by atoms with Crippen molar-refractivity contribution >= 4 is 11.6 Å². The Labute approximate surface area is 143 Å². The number of hydrogen-bond donors (Lipinski definition) is 1. The normalized spacial score (nSPS) is 16.6. The Balaban J connectivity index is 1.59. The highest BCUT2D eigenvalue weighted by Gasteiger charge is 2.16. The van der Waals surface area contributed by atoms with Crippen LogP contribution in [0.4, 0.5) is 0 Å². The Bertz CT molecular complexity index is 622. The van der Waals surface area contributed by atoms with Crippen LogP contribution >= 0.6 is 11.6 Å². The molecule has 1 aliphatic heterocycles. The second-order valence-corrected chi connectivity index (χ2v) is 6.43. The fourth-order valence-electron chi connectivity index (χ4n) is 3.06. The second kappa shape index (κ2) is 7.93. The van der Waals surface area contributed by atoms with E-state index >= 15 is 0 Å². The third-order valence-corrected chi connectivity index (χ3v) is 4.76. The average Bonchev–Trinajstić information content (AvgIpc) is 2.58. The minimum atomic E-state index is 0.253. The molecule has 3 rings (SSSR count). The standard InChI is InChI=1S/C19H23ClN2O/c20-19-4-2-1-3-18(19)17-7-5-16(6-8-17)15-22-11-9-21(10-12-22)13-14-23/h1-8,23H,9-15H2. The van der Waals surface area contributed by atoms with Crippen LogP contribution < -0.4 is 0 Å². The van der Waals surface area contributed by atoms with E-state index in [1.54, 1.807) is 0 Å². The molecule has 4 heteroatoms. The van der Waals surface area contributed by atoms with Gasteiger partial charge >= 0.3 is 0 Å². The molecule has 0 aliphatic carbocycles. The average molecular weight is 331 g/mol. The third-order valence-electron chi connectivity index (χ3n) is 4.43. The zero-order valence-electron chi connectivity index (χ0n) is 13.3. The molecule has 0 spiro atoms. The van der Waals surface area contributed by atoms with E-state index in [-0.39, 0.29) is 6.61 Å². The van der Waals surface area contributed by atoms with Gasteiger partial charge in [0.15, 0.2) is 0 Å². The molecule has 1 fully saturated rings. The SMILES string of the molecule is OCCN1CCN(Cc2ccc(-c3ccccc3Cl)cc2)CC1. The van der Waals surface area contributed by atoms with Crippen LogP contribution in [0, 0.1) is 0 Å². The number of rotatable bonds is 5. The first-order chi connectivity index (χ1) is 11.3. The molecule has 122 valence electrons. The van der Waals surface area contributed by atoms with E-state index < -0.39 is 0 Å². The highest BCUT2D eigenvalue weighted by molar-refractivity contribution is 6.33. The molecule has 23 heavy (non-hydrogen) atoms. The summed E-state index contributed by atoms with van der Waals surface area (Å²) < 4.78 is 0. The maximum Gasteiger partial charge on any atom is 0.0558 e. The predicted molar refractivity (Wildman–Crippen MR) is 95.7 cm³/mol. The maximum absolute atomic E-state index is 8.99. The summed E-state index contributed by atoms with van der Waals surface area (Å²) in [5, 5.41) is 9.79. The van der Waals surface area contributed by atoms with Crippen molar-refractivity contribution in [1.29, 1.82) is 0 Å². The first kappa shape index (κ1) is 16.5. The fraction of sp³-hybridized carbons (Fsp3) is 0.368. The molecule has 0 radical (unpaired) electrons. The Morgan fingerprint density at radius 3 is 2.17 bits per heavy atom. The number of hydrogen-bond acceptors (Lipinski definition) is 3. The van der Waals surface area contributed by atoms with Crippen molar-refractivity contribution in [1.82, 2.24) is 9.80 Å². The summed E-state index contributed by atoms with van der Waals surface area (Å²) in [4.78, 5) is 4.79. The number of nitrogens with zero attached hydrogens (tertiary/aromatic N) is 2. The summed E-state index contributed by atoms with van der Waals surface area (Å²) in [6, 6.07) is 16.6. The Hall–Kier alpha value is -1.39. The quantitative estimate of drug-likeness (QED) is 0.912. The van der Waals surface area contributed by atoms with Gasteiger partial charge in [-0.05, 0) is 17.2 Å². The molecule has 0 amide bonds. The lowest BCUT2D eigenvalue weighted by Crippen LogP contribution is -2.46. The molecule has 2 aromatic carbocycles. The van der Waals surface area contributed by atoms with Gasteiger partial charge in [-0.25, -0.2) is 0 Å². The second-order valence-electron chi connectivity index (χ2n) is 6.02. The zero-order valence-corrected chi connectivity index (χ0v) is 14.0. The summed E-state index contributed by atoms with van der Waals surface area (Å²) in [6.45, 7) is 6.23. The van der Waals surface area contributed by atoms with E-state index in [1.807, 2.05) is 18.2 Å². The molecule has 0 bridgehead atoms. The highest BCUT2D eigenvalue weighted by atomic mass is 35.5. The first-order valence-corrected chi connectivity index (χ1v) is 8.53. The lowest BCUT2D eigenvalue weighted by Gasteiger charge is -2.34. The molecule has 0 aromatic heterocycles. The van der Waals surface area contributed by atoms with Crippen molar-refractivity contribution in [3.63, 3.8) is 0 Å². The molecule has 0 saturated carbocycles. The molecule has 0 unspecified atom stereocenters. The number of β-amino-alcohol motifs (C(OH)–C–C–N with tert-alkyl or cyclic N) is 1. The maximum atomic E-state index is 8.99. The van der Waals surface area contributed by atoms with Crippen LogP contribution in [0.25, 0.3) is 11.1 Å². The van der Waals surface area contributed by atoms with E-state index in [9.17, 15) is 0 Å². The van der Waals surface area contributed by atoms with E-state index in [4.69, 9.17) is 16.7 Å². The summed E-state index contributed by atoms with van der Waals surface area (Å²) in [5.41, 5.74) is 3.57. The number of halogens is 1. The van der Waals surface area contributed by atoms with Crippen molar-refractivity contribution in [2.24, 2.45) is 0 Å². The van der Waals surface area contributed by atoms with Gasteiger partial charge in [0.05, 0.1) is 6.61 Å². The van der Waals surface area contributed by atoms with Gasteiger partial charge in [0.2, 0.25) is 0 Å². The molecular weight excluding hydrogens is 308 g/mol. The third kappa shape index (κ3) is 4.33. The fourth-order valence-corrected chi connectivity index (χ4v) is 3.30. The van der Waals surface area contributed by atoms with Gasteiger partial charge in [-0.3, -0.25) is 9.80 Å². The van der Waals surface area contributed by atoms with Gasteiger partial charge in [0.25, 0.3) is 0 Å². The van der Waals surface area contributed by atoms with Crippen molar-refractivity contribution in [2.75, 3.05) is 39.3 Å². The lowest BCUT2D eigenvalue weighted by molar-refractivity contribution is 0.108. The van der Waals surface area contributed by atoms with Crippen LogP contribution in [-0.2, 0) is 6.54 Å². The van der Waals surface area contributed by atoms with E-state index in [0.717, 1.165) is 55.4 Å². The molecule has 1 saturated heterocycles. The van der Waals surface area contributed by atoms with Crippen molar-refractivity contribution in [3.8, 4) is 11.1 Å². The molecule has 1 heterocycles. The summed E-state index contributed by atoms with van der Waals surface area (Å²) in [7, 11) is 0. The smallest absolute Gasteiger partial charge is 0.0558 e. The Kier molecular flexibility index (Phi) is 5.68. The number of piperazine rings is 1.